The average Bonchev–Trinajstić information content (AvgIpc) is 3.17. The summed E-state index contributed by atoms with van der Waals surface area (Å²) in [7, 11) is 1.51. The van der Waals surface area contributed by atoms with Crippen LogP contribution >= 0.6 is 0 Å². The number of carbonyl (C=O) groups is 3. The van der Waals surface area contributed by atoms with Gasteiger partial charge in [-0.3, -0.25) is 14.6 Å². The van der Waals surface area contributed by atoms with E-state index in [-0.39, 0.29) is 24.3 Å². The Morgan fingerprint density at radius 2 is 2.07 bits per heavy atom. The highest BCUT2D eigenvalue weighted by Crippen LogP contribution is 2.45. The maximum atomic E-state index is 13.0. The van der Waals surface area contributed by atoms with Crippen molar-refractivity contribution in [3.05, 3.63) is 24.5 Å². The molecule has 1 spiro atoms. The average molecular weight is 417 g/mol. The van der Waals surface area contributed by atoms with Crippen LogP contribution in [0.5, 0.6) is 0 Å². The number of carbonyl (C=O) groups excluding carboxylic acids is 2. The van der Waals surface area contributed by atoms with Crippen molar-refractivity contribution in [2.24, 2.45) is 11.3 Å². The number of methoxy groups -OCH3 is 1. The lowest BCUT2D eigenvalue weighted by atomic mass is 9.78. The van der Waals surface area contributed by atoms with Gasteiger partial charge in [-0.15, -0.1) is 0 Å². The van der Waals surface area contributed by atoms with E-state index in [1.807, 2.05) is 12.1 Å². The molecule has 3 heterocycles. The minimum atomic E-state index is -5.08. The number of rotatable bonds is 3. The third-order valence-electron chi connectivity index (χ3n) is 5.18. The second-order valence-corrected chi connectivity index (χ2v) is 6.99. The topological polar surface area (TPSA) is 100 Å². The quantitative estimate of drug-likeness (QED) is 0.801. The number of hydrogen-bond acceptors (Lipinski definition) is 5. The molecule has 0 radical (unpaired) electrons. The number of anilines is 1. The van der Waals surface area contributed by atoms with Crippen molar-refractivity contribution < 1.29 is 37.4 Å². The molecule has 0 bridgehead atoms. The fourth-order valence-corrected chi connectivity index (χ4v) is 3.62. The predicted octanol–water partition coefficient (Wildman–Crippen LogP) is 1.56. The molecule has 3 rings (SSSR count). The van der Waals surface area contributed by atoms with Gasteiger partial charge in [-0.1, -0.05) is 6.92 Å². The summed E-state index contributed by atoms with van der Waals surface area (Å²) >= 11 is 0. The number of aliphatic carboxylic acids is 1. The van der Waals surface area contributed by atoms with Crippen LogP contribution in [0.2, 0.25) is 0 Å². The summed E-state index contributed by atoms with van der Waals surface area (Å²) in [4.78, 5) is 41.6. The van der Waals surface area contributed by atoms with Crippen LogP contribution in [-0.4, -0.2) is 72.3 Å². The lowest BCUT2D eigenvalue weighted by molar-refractivity contribution is -0.192. The molecule has 2 atom stereocenters. The number of aromatic nitrogens is 1. The fourth-order valence-electron chi connectivity index (χ4n) is 3.62. The van der Waals surface area contributed by atoms with E-state index in [1.54, 1.807) is 22.2 Å². The van der Waals surface area contributed by atoms with Crippen molar-refractivity contribution in [2.45, 2.75) is 19.5 Å². The molecule has 1 aromatic heterocycles. The van der Waals surface area contributed by atoms with Gasteiger partial charge in [-0.05, 0) is 24.5 Å². The van der Waals surface area contributed by atoms with Crippen LogP contribution in [0.25, 0.3) is 0 Å². The fraction of sp³-hybridized carbons (Fsp3) is 0.556. The van der Waals surface area contributed by atoms with Gasteiger partial charge >= 0.3 is 12.1 Å². The molecule has 0 unspecified atom stereocenters. The molecule has 1 N–H and O–H groups in total. The maximum Gasteiger partial charge on any atom is 0.490 e. The first-order valence-corrected chi connectivity index (χ1v) is 8.81. The van der Waals surface area contributed by atoms with Gasteiger partial charge in [0.05, 0.1) is 17.3 Å². The molecular weight excluding hydrogens is 395 g/mol. The van der Waals surface area contributed by atoms with Crippen molar-refractivity contribution in [3.63, 3.8) is 0 Å². The zero-order valence-corrected chi connectivity index (χ0v) is 16.0. The van der Waals surface area contributed by atoms with Gasteiger partial charge in [0, 0.05) is 32.9 Å². The van der Waals surface area contributed by atoms with E-state index < -0.39 is 17.6 Å². The Kier molecular flexibility index (Phi) is 6.83. The van der Waals surface area contributed by atoms with Crippen molar-refractivity contribution in [3.8, 4) is 0 Å². The minimum absolute atomic E-state index is 0.0427. The van der Waals surface area contributed by atoms with Crippen LogP contribution in [-0.2, 0) is 19.1 Å². The number of nitrogens with zero attached hydrogens (tertiary/aromatic N) is 3. The zero-order valence-electron chi connectivity index (χ0n) is 16.0. The standard InChI is InChI=1S/C16H21N3O3.C2HF3O2/c1-12-9-18(14(20)10-22-2)11-16(12)5-7-19(15(16)21)13-4-3-6-17-8-13;3-2(4,5)1(6)7/h3-4,6,8,12H,5,7,9-11H2,1-2H3;(H,6,7)/t12-,16-;/m1./s1. The van der Waals surface area contributed by atoms with Crippen LogP contribution < -0.4 is 4.90 Å². The van der Waals surface area contributed by atoms with Gasteiger partial charge in [-0.25, -0.2) is 4.79 Å². The van der Waals surface area contributed by atoms with Crippen molar-refractivity contribution in [2.75, 3.05) is 38.3 Å². The number of alkyl halides is 3. The Morgan fingerprint density at radius 1 is 1.41 bits per heavy atom. The van der Waals surface area contributed by atoms with Crippen LogP contribution in [0.1, 0.15) is 13.3 Å². The lowest BCUT2D eigenvalue weighted by Gasteiger charge is -2.26. The summed E-state index contributed by atoms with van der Waals surface area (Å²) in [5, 5.41) is 7.12. The van der Waals surface area contributed by atoms with E-state index in [0.717, 1.165) is 12.1 Å². The summed E-state index contributed by atoms with van der Waals surface area (Å²) in [5.41, 5.74) is 0.373. The van der Waals surface area contributed by atoms with Crippen LogP contribution in [0.3, 0.4) is 0 Å². The molecule has 2 saturated heterocycles. The molecule has 0 aliphatic carbocycles. The lowest BCUT2D eigenvalue weighted by Crippen LogP contribution is -2.40. The Balaban J connectivity index is 0.000000370. The summed E-state index contributed by atoms with van der Waals surface area (Å²) in [6, 6.07) is 3.73. The molecule has 2 amide bonds. The van der Waals surface area contributed by atoms with Crippen molar-refractivity contribution in [1.29, 1.82) is 0 Å². The highest BCUT2D eigenvalue weighted by molar-refractivity contribution is 6.00. The van der Waals surface area contributed by atoms with E-state index in [4.69, 9.17) is 14.6 Å². The molecule has 8 nitrogen and oxygen atoms in total. The number of carboxylic acid groups (broad SMARTS) is 1. The Bertz CT molecular complexity index is 759. The number of amides is 2. The van der Waals surface area contributed by atoms with Crippen LogP contribution in [0, 0.1) is 11.3 Å². The second kappa shape index (κ2) is 8.76. The smallest absolute Gasteiger partial charge is 0.475 e. The van der Waals surface area contributed by atoms with E-state index in [0.29, 0.717) is 19.6 Å². The minimum Gasteiger partial charge on any atom is -0.475 e. The first-order valence-electron chi connectivity index (χ1n) is 8.81. The third-order valence-corrected chi connectivity index (χ3v) is 5.18. The first kappa shape index (κ1) is 22.6. The SMILES string of the molecule is COCC(=O)N1C[C@@H](C)[C@@]2(CCN(c3cccnc3)C2=O)C1.O=C(O)C(F)(F)F. The van der Waals surface area contributed by atoms with E-state index in [9.17, 15) is 22.8 Å². The van der Waals surface area contributed by atoms with E-state index in [2.05, 4.69) is 11.9 Å². The normalized spacial score (nSPS) is 23.9. The largest absolute Gasteiger partial charge is 0.490 e. The Morgan fingerprint density at radius 3 is 2.59 bits per heavy atom. The van der Waals surface area contributed by atoms with Gasteiger partial charge in [-0.2, -0.15) is 13.2 Å². The Labute approximate surface area is 165 Å². The van der Waals surface area contributed by atoms with Crippen molar-refractivity contribution in [1.82, 2.24) is 9.88 Å². The highest BCUT2D eigenvalue weighted by atomic mass is 19.4. The number of carboxylic acids is 1. The van der Waals surface area contributed by atoms with Crippen LogP contribution in [0.15, 0.2) is 24.5 Å². The van der Waals surface area contributed by atoms with Gasteiger partial charge in [0.1, 0.15) is 6.61 Å². The van der Waals surface area contributed by atoms with Gasteiger partial charge in [0.15, 0.2) is 0 Å². The van der Waals surface area contributed by atoms with Crippen molar-refractivity contribution >= 4 is 23.5 Å². The van der Waals surface area contributed by atoms with Crippen LogP contribution in [0.4, 0.5) is 18.9 Å². The highest BCUT2D eigenvalue weighted by Gasteiger charge is 2.56. The molecule has 29 heavy (non-hydrogen) atoms. The molecule has 1 aromatic rings. The molecule has 0 aromatic carbocycles. The monoisotopic (exact) mass is 417 g/mol. The van der Waals surface area contributed by atoms with E-state index >= 15 is 0 Å². The summed E-state index contributed by atoms with van der Waals surface area (Å²) < 4.78 is 36.7. The molecule has 11 heteroatoms. The molecular formula is C18H22F3N3O5. The number of likely N-dealkylation sites (tertiary alicyclic amines) is 1. The molecule has 160 valence electrons. The Hall–Kier alpha value is -2.69. The number of ether oxygens (including phenoxy) is 1. The van der Waals surface area contributed by atoms with E-state index in [1.165, 1.54) is 7.11 Å². The summed E-state index contributed by atoms with van der Waals surface area (Å²) in [5.74, 6) is -2.53. The third kappa shape index (κ3) is 4.84. The predicted molar refractivity (Wildman–Crippen MR) is 95.0 cm³/mol. The molecule has 2 fully saturated rings. The number of halogens is 3. The van der Waals surface area contributed by atoms with Gasteiger partial charge in [0.25, 0.3) is 0 Å². The summed E-state index contributed by atoms with van der Waals surface area (Å²) in [6.45, 7) is 3.93. The second-order valence-electron chi connectivity index (χ2n) is 6.99. The van der Waals surface area contributed by atoms with Gasteiger partial charge < -0.3 is 19.6 Å². The summed E-state index contributed by atoms with van der Waals surface area (Å²) in [6.07, 6.45) is -0.897. The number of pyridine rings is 1. The first-order chi connectivity index (χ1) is 13.5. The molecule has 2 aliphatic heterocycles. The number of hydrogen-bond donors (Lipinski definition) is 1. The maximum absolute atomic E-state index is 13.0. The molecule has 2 aliphatic rings. The molecule has 0 saturated carbocycles. The zero-order chi connectivity index (χ0) is 21.8. The van der Waals surface area contributed by atoms with Gasteiger partial charge in [0.2, 0.25) is 11.8 Å².